The first-order chi connectivity index (χ1) is 8.08. The zero-order chi connectivity index (χ0) is 12.4. The molecule has 0 saturated heterocycles. The Morgan fingerprint density at radius 3 is 2.65 bits per heavy atom. The number of hydrogen-bond acceptors (Lipinski definition) is 3. The third-order valence-electron chi connectivity index (χ3n) is 2.33. The lowest BCUT2D eigenvalue weighted by Gasteiger charge is -2.11. The molecule has 0 radical (unpaired) electrons. The maximum absolute atomic E-state index is 6.10. The number of anilines is 3. The molecular weight excluding hydrogens is 257 g/mol. The molecule has 5 heteroatoms. The summed E-state index contributed by atoms with van der Waals surface area (Å²) in [7, 11) is 0. The van der Waals surface area contributed by atoms with E-state index in [4.69, 9.17) is 28.9 Å². The molecule has 2 aromatic rings. The van der Waals surface area contributed by atoms with Crippen LogP contribution in [-0.2, 0) is 0 Å². The molecule has 88 valence electrons. The fraction of sp³-hybridized carbons (Fsp3) is 0.0833. The summed E-state index contributed by atoms with van der Waals surface area (Å²) < 4.78 is 0. The third-order valence-corrected chi connectivity index (χ3v) is 2.93. The summed E-state index contributed by atoms with van der Waals surface area (Å²) in [6.45, 7) is 1.96. The second-order valence-electron chi connectivity index (χ2n) is 3.66. The van der Waals surface area contributed by atoms with Crippen LogP contribution in [0.15, 0.2) is 30.5 Å². The van der Waals surface area contributed by atoms with Crippen LogP contribution in [0.25, 0.3) is 0 Å². The summed E-state index contributed by atoms with van der Waals surface area (Å²) in [6.07, 6.45) is 1.54. The van der Waals surface area contributed by atoms with Crippen LogP contribution in [0, 0.1) is 6.92 Å². The van der Waals surface area contributed by atoms with E-state index in [1.165, 1.54) is 0 Å². The molecule has 0 atom stereocenters. The Kier molecular flexibility index (Phi) is 3.41. The van der Waals surface area contributed by atoms with Gasteiger partial charge in [0.15, 0.2) is 0 Å². The second-order valence-corrected chi connectivity index (χ2v) is 4.47. The molecule has 3 nitrogen and oxygen atoms in total. The van der Waals surface area contributed by atoms with Crippen molar-refractivity contribution in [2.75, 3.05) is 11.1 Å². The van der Waals surface area contributed by atoms with Crippen molar-refractivity contribution in [3.8, 4) is 0 Å². The predicted octanol–water partition coefficient (Wildman–Crippen LogP) is 4.02. The zero-order valence-electron chi connectivity index (χ0n) is 9.17. The Morgan fingerprint density at radius 1 is 1.24 bits per heavy atom. The van der Waals surface area contributed by atoms with Crippen LogP contribution < -0.4 is 11.1 Å². The molecule has 0 spiro atoms. The lowest BCUT2D eigenvalue weighted by atomic mass is 10.2. The first kappa shape index (κ1) is 12.0. The van der Waals surface area contributed by atoms with Gasteiger partial charge in [-0.15, -0.1) is 0 Å². The lowest BCUT2D eigenvalue weighted by Crippen LogP contribution is -1.98. The number of hydrogen-bond donors (Lipinski definition) is 2. The van der Waals surface area contributed by atoms with E-state index in [-0.39, 0.29) is 0 Å². The standard InChI is InChI=1S/C12H11Cl2N3/c1-7-3-2-4-9(13)11(7)17-12-10(14)5-8(15)6-16-12/h2-6H,15H2,1H3,(H,16,17). The van der Waals surface area contributed by atoms with E-state index >= 15 is 0 Å². The summed E-state index contributed by atoms with van der Waals surface area (Å²) in [4.78, 5) is 4.13. The summed E-state index contributed by atoms with van der Waals surface area (Å²) in [5, 5.41) is 4.19. The normalized spacial score (nSPS) is 10.3. The average Bonchev–Trinajstić information content (AvgIpc) is 2.26. The van der Waals surface area contributed by atoms with Crippen molar-refractivity contribution >= 4 is 40.4 Å². The fourth-order valence-corrected chi connectivity index (χ4v) is 1.94. The van der Waals surface area contributed by atoms with Crippen molar-refractivity contribution in [3.05, 3.63) is 46.1 Å². The van der Waals surface area contributed by atoms with Crippen molar-refractivity contribution < 1.29 is 0 Å². The Hall–Kier alpha value is -1.45. The van der Waals surface area contributed by atoms with E-state index in [0.717, 1.165) is 11.3 Å². The number of nitrogens with one attached hydrogen (secondary N) is 1. The minimum Gasteiger partial charge on any atom is -0.397 e. The number of nitrogens with two attached hydrogens (primary N) is 1. The maximum atomic E-state index is 6.10. The molecule has 0 aliphatic heterocycles. The van der Waals surface area contributed by atoms with E-state index < -0.39 is 0 Å². The van der Waals surface area contributed by atoms with Gasteiger partial charge in [0.25, 0.3) is 0 Å². The predicted molar refractivity (Wildman–Crippen MR) is 73.1 cm³/mol. The van der Waals surface area contributed by atoms with Crippen LogP contribution in [0.4, 0.5) is 17.2 Å². The Bertz CT molecular complexity index is 535. The van der Waals surface area contributed by atoms with E-state index in [1.807, 2.05) is 25.1 Å². The average molecular weight is 268 g/mol. The SMILES string of the molecule is Cc1cccc(Cl)c1Nc1ncc(N)cc1Cl. The molecule has 1 heterocycles. The first-order valence-electron chi connectivity index (χ1n) is 5.01. The highest BCUT2D eigenvalue weighted by atomic mass is 35.5. The molecule has 1 aromatic carbocycles. The number of rotatable bonds is 2. The zero-order valence-corrected chi connectivity index (χ0v) is 10.7. The van der Waals surface area contributed by atoms with E-state index in [1.54, 1.807) is 12.3 Å². The van der Waals surface area contributed by atoms with Gasteiger partial charge in [0.1, 0.15) is 5.82 Å². The highest BCUT2D eigenvalue weighted by Gasteiger charge is 2.07. The van der Waals surface area contributed by atoms with Crippen LogP contribution in [0.1, 0.15) is 5.56 Å². The Morgan fingerprint density at radius 2 is 2.00 bits per heavy atom. The molecule has 1 aromatic heterocycles. The number of benzene rings is 1. The topological polar surface area (TPSA) is 50.9 Å². The largest absolute Gasteiger partial charge is 0.397 e. The number of aromatic nitrogens is 1. The lowest BCUT2D eigenvalue weighted by molar-refractivity contribution is 1.30. The van der Waals surface area contributed by atoms with Gasteiger partial charge in [0, 0.05) is 0 Å². The van der Waals surface area contributed by atoms with Crippen molar-refractivity contribution in [3.63, 3.8) is 0 Å². The molecule has 0 unspecified atom stereocenters. The Balaban J connectivity index is 2.38. The number of para-hydroxylation sites is 1. The van der Waals surface area contributed by atoms with Gasteiger partial charge >= 0.3 is 0 Å². The molecule has 17 heavy (non-hydrogen) atoms. The van der Waals surface area contributed by atoms with Crippen LogP contribution in [0.3, 0.4) is 0 Å². The summed E-state index contributed by atoms with van der Waals surface area (Å²) in [5.41, 5.74) is 7.92. The van der Waals surface area contributed by atoms with Gasteiger partial charge in [-0.05, 0) is 24.6 Å². The summed E-state index contributed by atoms with van der Waals surface area (Å²) >= 11 is 12.1. The second kappa shape index (κ2) is 4.82. The van der Waals surface area contributed by atoms with Crippen LogP contribution in [0.2, 0.25) is 10.0 Å². The van der Waals surface area contributed by atoms with Crippen LogP contribution in [-0.4, -0.2) is 4.98 Å². The molecule has 0 bridgehead atoms. The van der Waals surface area contributed by atoms with Gasteiger partial charge in [0.05, 0.1) is 27.6 Å². The summed E-state index contributed by atoms with van der Waals surface area (Å²) in [5.74, 6) is 0.539. The highest BCUT2D eigenvalue weighted by molar-refractivity contribution is 6.34. The van der Waals surface area contributed by atoms with Crippen LogP contribution >= 0.6 is 23.2 Å². The molecule has 0 aliphatic carbocycles. The number of nitrogen functional groups attached to an aromatic ring is 1. The van der Waals surface area contributed by atoms with Crippen molar-refractivity contribution in [2.45, 2.75) is 6.92 Å². The van der Waals surface area contributed by atoms with E-state index in [9.17, 15) is 0 Å². The van der Waals surface area contributed by atoms with Crippen LogP contribution in [0.5, 0.6) is 0 Å². The van der Waals surface area contributed by atoms with Gasteiger partial charge < -0.3 is 11.1 Å². The molecule has 0 saturated carbocycles. The number of nitrogens with zero attached hydrogens (tertiary/aromatic N) is 1. The van der Waals surface area contributed by atoms with Crippen molar-refractivity contribution in [1.82, 2.24) is 4.98 Å². The minimum atomic E-state index is 0.462. The molecule has 2 rings (SSSR count). The summed E-state index contributed by atoms with van der Waals surface area (Å²) in [6, 6.07) is 7.30. The number of aryl methyl sites for hydroxylation is 1. The van der Waals surface area contributed by atoms with Gasteiger partial charge in [-0.25, -0.2) is 4.98 Å². The smallest absolute Gasteiger partial charge is 0.149 e. The quantitative estimate of drug-likeness (QED) is 0.864. The highest BCUT2D eigenvalue weighted by Crippen LogP contribution is 2.31. The molecule has 0 aliphatic rings. The van der Waals surface area contributed by atoms with Gasteiger partial charge in [0.2, 0.25) is 0 Å². The van der Waals surface area contributed by atoms with E-state index in [2.05, 4.69) is 10.3 Å². The molecule has 0 amide bonds. The fourth-order valence-electron chi connectivity index (χ4n) is 1.45. The van der Waals surface area contributed by atoms with Gasteiger partial charge in [-0.3, -0.25) is 0 Å². The maximum Gasteiger partial charge on any atom is 0.149 e. The minimum absolute atomic E-state index is 0.462. The molecule has 0 fully saturated rings. The molecular formula is C12H11Cl2N3. The monoisotopic (exact) mass is 267 g/mol. The molecule has 3 N–H and O–H groups in total. The number of pyridine rings is 1. The van der Waals surface area contributed by atoms with E-state index in [0.29, 0.717) is 21.6 Å². The third kappa shape index (κ3) is 2.62. The van der Waals surface area contributed by atoms with Crippen molar-refractivity contribution in [2.24, 2.45) is 0 Å². The van der Waals surface area contributed by atoms with Crippen molar-refractivity contribution in [1.29, 1.82) is 0 Å². The number of halogens is 2. The first-order valence-corrected chi connectivity index (χ1v) is 5.76. The van der Waals surface area contributed by atoms with Gasteiger partial charge in [-0.2, -0.15) is 0 Å². The van der Waals surface area contributed by atoms with Gasteiger partial charge in [-0.1, -0.05) is 35.3 Å². The Labute approximate surface area is 110 Å².